The van der Waals surface area contributed by atoms with Crippen LogP contribution in [0.4, 0.5) is 5.82 Å². The van der Waals surface area contributed by atoms with E-state index in [0.29, 0.717) is 6.54 Å². The van der Waals surface area contributed by atoms with Gasteiger partial charge in [-0.1, -0.05) is 0 Å². The molecule has 0 unspecified atom stereocenters. The molecular formula is C20H22N8OS. The van der Waals surface area contributed by atoms with Gasteiger partial charge in [-0.25, -0.2) is 15.0 Å². The molecule has 1 saturated heterocycles. The van der Waals surface area contributed by atoms with E-state index in [9.17, 15) is 4.79 Å². The predicted octanol–water partition coefficient (Wildman–Crippen LogP) is 1.47. The first-order chi connectivity index (χ1) is 14.7. The molecule has 30 heavy (non-hydrogen) atoms. The van der Waals surface area contributed by atoms with Crippen LogP contribution in [0.5, 0.6) is 0 Å². The summed E-state index contributed by atoms with van der Waals surface area (Å²) in [6.45, 7) is 4.15. The highest BCUT2D eigenvalue weighted by Gasteiger charge is 2.24. The zero-order valence-electron chi connectivity index (χ0n) is 16.8. The van der Waals surface area contributed by atoms with Gasteiger partial charge in [0.2, 0.25) is 0 Å². The molecule has 5 heterocycles. The van der Waals surface area contributed by atoms with Gasteiger partial charge in [-0.3, -0.25) is 14.4 Å². The van der Waals surface area contributed by atoms with Gasteiger partial charge in [0.05, 0.1) is 23.5 Å². The second-order valence-electron chi connectivity index (χ2n) is 8.02. The second-order valence-corrected chi connectivity index (χ2v) is 9.10. The van der Waals surface area contributed by atoms with Crippen molar-refractivity contribution in [1.29, 1.82) is 0 Å². The molecule has 0 amide bonds. The Labute approximate surface area is 176 Å². The summed E-state index contributed by atoms with van der Waals surface area (Å²) in [5.74, 6) is 1.70. The maximum atomic E-state index is 12.7. The maximum absolute atomic E-state index is 12.7. The van der Waals surface area contributed by atoms with Crippen LogP contribution in [0.2, 0.25) is 0 Å². The summed E-state index contributed by atoms with van der Waals surface area (Å²) >= 11 is 1.70. The van der Waals surface area contributed by atoms with Crippen LogP contribution >= 0.6 is 11.3 Å². The van der Waals surface area contributed by atoms with Gasteiger partial charge in [0, 0.05) is 38.1 Å². The fourth-order valence-corrected chi connectivity index (χ4v) is 5.93. The number of aromatic amines is 1. The van der Waals surface area contributed by atoms with E-state index in [2.05, 4.69) is 29.9 Å². The Hall–Kier alpha value is -2.85. The van der Waals surface area contributed by atoms with Crippen LogP contribution in [-0.2, 0) is 26.4 Å². The molecule has 0 radical (unpaired) electrons. The Morgan fingerprint density at radius 2 is 2.03 bits per heavy atom. The van der Waals surface area contributed by atoms with Gasteiger partial charge in [0.1, 0.15) is 22.8 Å². The van der Waals surface area contributed by atoms with Crippen molar-refractivity contribution < 1.29 is 0 Å². The number of nitrogens with zero attached hydrogens (tertiary/aromatic N) is 7. The molecule has 1 N–H and O–H groups in total. The van der Waals surface area contributed by atoms with Gasteiger partial charge in [-0.15, -0.1) is 11.3 Å². The molecule has 4 aromatic rings. The average Bonchev–Trinajstić information content (AvgIpc) is 3.43. The third kappa shape index (κ3) is 2.82. The number of nitrogens with one attached hydrogen (secondary N) is 1. The lowest BCUT2D eigenvalue weighted by molar-refractivity contribution is 0.244. The number of hydrogen-bond acceptors (Lipinski definition) is 8. The van der Waals surface area contributed by atoms with Crippen LogP contribution in [0.15, 0.2) is 17.3 Å². The van der Waals surface area contributed by atoms with E-state index in [0.717, 1.165) is 78.3 Å². The second kappa shape index (κ2) is 6.85. The van der Waals surface area contributed by atoms with Crippen molar-refractivity contribution in [3.63, 3.8) is 0 Å². The van der Waals surface area contributed by atoms with E-state index in [-0.39, 0.29) is 5.56 Å². The molecule has 0 saturated carbocycles. The fourth-order valence-electron chi connectivity index (χ4n) is 4.65. The summed E-state index contributed by atoms with van der Waals surface area (Å²) in [5.41, 5.74) is 2.10. The van der Waals surface area contributed by atoms with Crippen molar-refractivity contribution in [3.05, 3.63) is 39.1 Å². The van der Waals surface area contributed by atoms with Crippen LogP contribution < -0.4 is 10.5 Å². The van der Waals surface area contributed by atoms with Crippen molar-refractivity contribution in [2.45, 2.75) is 25.8 Å². The van der Waals surface area contributed by atoms with Gasteiger partial charge in [0.25, 0.3) is 5.56 Å². The Morgan fingerprint density at radius 3 is 2.90 bits per heavy atom. The zero-order chi connectivity index (χ0) is 20.2. The standard InChI is InChI=1S/C20H22N8OS/c1-26-17-13(9-23-26)18(22-11-21-17)28-7-5-27(6-8-28)10-15-24-19(29)16-12-3-2-4-14(12)30-20(16)25-15/h9,11H,2-8,10H2,1H3,(H,24,25,29). The fraction of sp³-hybridized carbons (Fsp3) is 0.450. The first-order valence-corrected chi connectivity index (χ1v) is 11.1. The van der Waals surface area contributed by atoms with E-state index < -0.39 is 0 Å². The van der Waals surface area contributed by atoms with Crippen LogP contribution in [0.3, 0.4) is 0 Å². The zero-order valence-corrected chi connectivity index (χ0v) is 17.6. The summed E-state index contributed by atoms with van der Waals surface area (Å²) < 4.78 is 1.77. The lowest BCUT2D eigenvalue weighted by atomic mass is 10.2. The predicted molar refractivity (Wildman–Crippen MR) is 116 cm³/mol. The highest BCUT2D eigenvalue weighted by atomic mass is 32.1. The molecule has 0 bridgehead atoms. The van der Waals surface area contributed by atoms with Gasteiger partial charge < -0.3 is 9.88 Å². The van der Waals surface area contributed by atoms with Crippen molar-refractivity contribution in [2.24, 2.45) is 7.05 Å². The van der Waals surface area contributed by atoms with Gasteiger partial charge >= 0.3 is 0 Å². The lowest BCUT2D eigenvalue weighted by Gasteiger charge is -2.35. The summed E-state index contributed by atoms with van der Waals surface area (Å²) in [6, 6.07) is 0. The number of rotatable bonds is 3. The summed E-state index contributed by atoms with van der Waals surface area (Å²) in [4.78, 5) is 36.2. The molecule has 4 aromatic heterocycles. The molecule has 154 valence electrons. The monoisotopic (exact) mass is 422 g/mol. The molecule has 2 aliphatic rings. The minimum absolute atomic E-state index is 0.0213. The van der Waals surface area contributed by atoms with Crippen LogP contribution in [0.25, 0.3) is 21.3 Å². The normalized spacial score (nSPS) is 17.3. The molecule has 1 fully saturated rings. The van der Waals surface area contributed by atoms with Crippen molar-refractivity contribution in [2.75, 3.05) is 31.1 Å². The van der Waals surface area contributed by atoms with E-state index in [1.54, 1.807) is 22.3 Å². The van der Waals surface area contributed by atoms with E-state index in [1.807, 2.05) is 13.2 Å². The summed E-state index contributed by atoms with van der Waals surface area (Å²) in [6.07, 6.45) is 6.68. The molecule has 10 heteroatoms. The number of piperazine rings is 1. The third-order valence-electron chi connectivity index (χ3n) is 6.18. The van der Waals surface area contributed by atoms with Gasteiger partial charge in [-0.2, -0.15) is 5.10 Å². The number of thiophene rings is 1. The van der Waals surface area contributed by atoms with E-state index >= 15 is 0 Å². The Kier molecular flexibility index (Phi) is 4.10. The number of aromatic nitrogens is 6. The van der Waals surface area contributed by atoms with E-state index in [1.165, 1.54) is 10.4 Å². The topological polar surface area (TPSA) is 95.8 Å². The van der Waals surface area contributed by atoms with Gasteiger partial charge in [0.15, 0.2) is 5.65 Å². The number of H-pyrrole nitrogens is 1. The molecule has 6 rings (SSSR count). The van der Waals surface area contributed by atoms with E-state index in [4.69, 9.17) is 4.98 Å². The molecule has 0 spiro atoms. The Morgan fingerprint density at radius 1 is 1.17 bits per heavy atom. The summed E-state index contributed by atoms with van der Waals surface area (Å²) in [7, 11) is 1.89. The minimum Gasteiger partial charge on any atom is -0.353 e. The highest BCUT2D eigenvalue weighted by Crippen LogP contribution is 2.34. The summed E-state index contributed by atoms with van der Waals surface area (Å²) in [5, 5.41) is 6.12. The number of fused-ring (bicyclic) bond motifs is 4. The van der Waals surface area contributed by atoms with Crippen LogP contribution in [0.1, 0.15) is 22.7 Å². The minimum atomic E-state index is 0.0213. The van der Waals surface area contributed by atoms with Crippen LogP contribution in [-0.4, -0.2) is 60.8 Å². The number of hydrogen-bond donors (Lipinski definition) is 1. The molecule has 1 aliphatic heterocycles. The number of anilines is 1. The van der Waals surface area contributed by atoms with Gasteiger partial charge in [-0.05, 0) is 24.8 Å². The smallest absolute Gasteiger partial charge is 0.259 e. The highest BCUT2D eigenvalue weighted by molar-refractivity contribution is 7.18. The number of aryl methyl sites for hydroxylation is 3. The third-order valence-corrected chi connectivity index (χ3v) is 7.36. The SMILES string of the molecule is Cn1ncc2c(N3CCN(Cc4nc5sc6c(c5c(=O)[nH]4)CCC6)CC3)ncnc21. The lowest BCUT2D eigenvalue weighted by Crippen LogP contribution is -2.46. The Balaban J connectivity index is 1.19. The molecule has 1 aliphatic carbocycles. The maximum Gasteiger partial charge on any atom is 0.259 e. The van der Waals surface area contributed by atoms with Crippen molar-refractivity contribution in [1.82, 2.24) is 34.6 Å². The molecule has 0 aromatic carbocycles. The van der Waals surface area contributed by atoms with Crippen molar-refractivity contribution >= 4 is 38.4 Å². The molecule has 9 nitrogen and oxygen atoms in total. The Bertz CT molecular complexity index is 1310. The van der Waals surface area contributed by atoms with Crippen LogP contribution in [0, 0.1) is 0 Å². The van der Waals surface area contributed by atoms with Crippen molar-refractivity contribution in [3.8, 4) is 0 Å². The first kappa shape index (κ1) is 18.0. The molecular weight excluding hydrogens is 400 g/mol. The average molecular weight is 423 g/mol. The quantitative estimate of drug-likeness (QED) is 0.534. The molecule has 0 atom stereocenters. The first-order valence-electron chi connectivity index (χ1n) is 10.3. The largest absolute Gasteiger partial charge is 0.353 e.